The first-order chi connectivity index (χ1) is 13.8. The number of halogens is 3. The molecule has 0 aromatic heterocycles. The van der Waals surface area contributed by atoms with Crippen LogP contribution in [0.1, 0.15) is 19.3 Å². The second-order valence-corrected chi connectivity index (χ2v) is 9.68. The summed E-state index contributed by atoms with van der Waals surface area (Å²) in [6.07, 6.45) is 2.73. The van der Waals surface area contributed by atoms with Crippen molar-refractivity contribution < 1.29 is 17.9 Å². The molecule has 6 nitrogen and oxygen atoms in total. The molecule has 1 heterocycles. The molecule has 0 radical (unpaired) electrons. The minimum atomic E-state index is -3.59. The summed E-state index contributed by atoms with van der Waals surface area (Å²) < 4.78 is 32.3. The lowest BCUT2D eigenvalue weighted by atomic mass is 10.2. The fraction of sp³-hybridized carbons (Fsp3) is 0.316. The predicted octanol–water partition coefficient (Wildman–Crippen LogP) is 4.84. The zero-order chi connectivity index (χ0) is 21.0. The van der Waals surface area contributed by atoms with E-state index in [4.69, 9.17) is 39.5 Å². The fourth-order valence-corrected chi connectivity index (χ4v) is 5.07. The van der Waals surface area contributed by atoms with Gasteiger partial charge in [-0.3, -0.25) is 4.79 Å². The van der Waals surface area contributed by atoms with E-state index in [0.717, 1.165) is 19.3 Å². The first kappa shape index (κ1) is 22.2. The molecule has 0 aliphatic carbocycles. The Balaban J connectivity index is 1.63. The Bertz CT molecular complexity index is 1010. The standard InChI is InChI=1S/C19H19Cl3N2O4S/c20-15-6-4-13(10-16(15)21)23-19(25)12-28-18-7-5-14(11-17(18)22)29(26,27)24-8-2-1-3-9-24/h4-7,10-11H,1-3,8-9,12H2,(H,23,25). The molecular formula is C19H19Cl3N2O4S. The van der Waals surface area contributed by atoms with Crippen LogP contribution in [-0.2, 0) is 14.8 Å². The van der Waals surface area contributed by atoms with Crippen molar-refractivity contribution in [2.45, 2.75) is 24.2 Å². The van der Waals surface area contributed by atoms with Gasteiger partial charge in [0.05, 0.1) is 20.0 Å². The van der Waals surface area contributed by atoms with Crippen molar-refractivity contribution in [3.8, 4) is 5.75 Å². The van der Waals surface area contributed by atoms with E-state index in [0.29, 0.717) is 28.8 Å². The van der Waals surface area contributed by atoms with Crippen molar-refractivity contribution >= 4 is 56.4 Å². The van der Waals surface area contributed by atoms with E-state index in [1.165, 1.54) is 28.6 Å². The van der Waals surface area contributed by atoms with Crippen LogP contribution >= 0.6 is 34.8 Å². The Morgan fingerprint density at radius 3 is 2.34 bits per heavy atom. The van der Waals surface area contributed by atoms with E-state index < -0.39 is 15.9 Å². The van der Waals surface area contributed by atoms with Crippen LogP contribution in [0, 0.1) is 0 Å². The maximum absolute atomic E-state index is 12.7. The van der Waals surface area contributed by atoms with Gasteiger partial charge in [0.15, 0.2) is 6.61 Å². The average Bonchev–Trinajstić information content (AvgIpc) is 2.70. The number of sulfonamides is 1. The third kappa shape index (κ3) is 5.55. The van der Waals surface area contributed by atoms with Gasteiger partial charge >= 0.3 is 0 Å². The smallest absolute Gasteiger partial charge is 0.262 e. The van der Waals surface area contributed by atoms with Gasteiger partial charge in [-0.05, 0) is 49.2 Å². The van der Waals surface area contributed by atoms with Crippen LogP contribution in [0.15, 0.2) is 41.3 Å². The van der Waals surface area contributed by atoms with Crippen molar-refractivity contribution in [2.75, 3.05) is 25.0 Å². The lowest BCUT2D eigenvalue weighted by Gasteiger charge is -2.26. The second-order valence-electron chi connectivity index (χ2n) is 6.52. The van der Waals surface area contributed by atoms with E-state index >= 15 is 0 Å². The topological polar surface area (TPSA) is 75.7 Å². The van der Waals surface area contributed by atoms with E-state index in [9.17, 15) is 13.2 Å². The van der Waals surface area contributed by atoms with Gasteiger partial charge in [0.1, 0.15) is 5.75 Å². The number of anilines is 1. The van der Waals surface area contributed by atoms with Crippen LogP contribution in [0.5, 0.6) is 5.75 Å². The number of amides is 1. The minimum Gasteiger partial charge on any atom is -0.482 e. The van der Waals surface area contributed by atoms with Gasteiger partial charge in [-0.15, -0.1) is 0 Å². The predicted molar refractivity (Wildman–Crippen MR) is 115 cm³/mol. The molecule has 0 spiro atoms. The number of piperidine rings is 1. The molecule has 1 aliphatic heterocycles. The maximum Gasteiger partial charge on any atom is 0.262 e. The molecule has 1 amide bonds. The first-order valence-electron chi connectivity index (χ1n) is 8.95. The zero-order valence-electron chi connectivity index (χ0n) is 15.3. The molecule has 156 valence electrons. The molecule has 1 N–H and O–H groups in total. The molecule has 1 aliphatic rings. The number of nitrogens with zero attached hydrogens (tertiary/aromatic N) is 1. The third-order valence-corrected chi connectivity index (χ3v) is 7.35. The molecule has 2 aromatic carbocycles. The number of ether oxygens (including phenoxy) is 1. The Morgan fingerprint density at radius 1 is 0.966 bits per heavy atom. The third-order valence-electron chi connectivity index (χ3n) is 4.42. The quantitative estimate of drug-likeness (QED) is 0.646. The lowest BCUT2D eigenvalue weighted by Crippen LogP contribution is -2.35. The first-order valence-corrected chi connectivity index (χ1v) is 11.5. The lowest BCUT2D eigenvalue weighted by molar-refractivity contribution is -0.118. The highest BCUT2D eigenvalue weighted by atomic mass is 35.5. The molecule has 0 bridgehead atoms. The van der Waals surface area contributed by atoms with Crippen LogP contribution in [-0.4, -0.2) is 38.3 Å². The number of rotatable bonds is 6. The summed E-state index contributed by atoms with van der Waals surface area (Å²) in [5.74, 6) is -0.210. The number of benzene rings is 2. The highest BCUT2D eigenvalue weighted by molar-refractivity contribution is 7.89. The van der Waals surface area contributed by atoms with Crippen molar-refractivity contribution in [1.29, 1.82) is 0 Å². The second kappa shape index (κ2) is 9.53. The Morgan fingerprint density at radius 2 is 1.69 bits per heavy atom. The van der Waals surface area contributed by atoms with Crippen molar-refractivity contribution in [3.63, 3.8) is 0 Å². The zero-order valence-corrected chi connectivity index (χ0v) is 18.4. The van der Waals surface area contributed by atoms with Crippen LogP contribution in [0.3, 0.4) is 0 Å². The van der Waals surface area contributed by atoms with E-state index in [2.05, 4.69) is 5.32 Å². The maximum atomic E-state index is 12.7. The summed E-state index contributed by atoms with van der Waals surface area (Å²) in [4.78, 5) is 12.2. The van der Waals surface area contributed by atoms with Crippen LogP contribution in [0.4, 0.5) is 5.69 Å². The molecule has 1 fully saturated rings. The molecule has 29 heavy (non-hydrogen) atoms. The average molecular weight is 478 g/mol. The Kier molecular flexibility index (Phi) is 7.29. The number of hydrogen-bond acceptors (Lipinski definition) is 4. The molecular weight excluding hydrogens is 459 g/mol. The normalized spacial score (nSPS) is 15.1. The van der Waals surface area contributed by atoms with Gasteiger partial charge in [0, 0.05) is 18.8 Å². The summed E-state index contributed by atoms with van der Waals surface area (Å²) in [5.41, 5.74) is 0.474. The minimum absolute atomic E-state index is 0.108. The summed E-state index contributed by atoms with van der Waals surface area (Å²) >= 11 is 17.9. The largest absolute Gasteiger partial charge is 0.482 e. The number of nitrogens with one attached hydrogen (secondary N) is 1. The molecule has 0 saturated carbocycles. The Hall–Kier alpha value is -1.51. The van der Waals surface area contributed by atoms with Gasteiger partial charge in [-0.1, -0.05) is 41.2 Å². The van der Waals surface area contributed by atoms with Crippen molar-refractivity contribution in [2.24, 2.45) is 0 Å². The number of carbonyl (C=O) groups is 1. The molecule has 0 atom stereocenters. The number of carbonyl (C=O) groups excluding carboxylic acids is 1. The molecule has 2 aromatic rings. The molecule has 1 saturated heterocycles. The van der Waals surface area contributed by atoms with Gasteiger partial charge < -0.3 is 10.1 Å². The van der Waals surface area contributed by atoms with E-state index in [-0.39, 0.29) is 22.3 Å². The van der Waals surface area contributed by atoms with Crippen molar-refractivity contribution in [1.82, 2.24) is 4.31 Å². The molecule has 0 unspecified atom stereocenters. The fourth-order valence-electron chi connectivity index (χ4n) is 2.93. The summed E-state index contributed by atoms with van der Waals surface area (Å²) in [6.45, 7) is 0.707. The van der Waals surface area contributed by atoms with Gasteiger partial charge in [0.25, 0.3) is 5.91 Å². The summed E-state index contributed by atoms with van der Waals surface area (Å²) in [7, 11) is -3.59. The molecule has 10 heteroatoms. The van der Waals surface area contributed by atoms with E-state index in [1.807, 2.05) is 0 Å². The van der Waals surface area contributed by atoms with Crippen molar-refractivity contribution in [3.05, 3.63) is 51.5 Å². The van der Waals surface area contributed by atoms with Crippen LogP contribution in [0.25, 0.3) is 0 Å². The SMILES string of the molecule is O=C(COc1ccc(S(=O)(=O)N2CCCCC2)cc1Cl)Nc1ccc(Cl)c(Cl)c1. The number of hydrogen-bond donors (Lipinski definition) is 1. The van der Waals surface area contributed by atoms with Gasteiger partial charge in [0.2, 0.25) is 10.0 Å². The van der Waals surface area contributed by atoms with Gasteiger partial charge in [-0.2, -0.15) is 4.31 Å². The van der Waals surface area contributed by atoms with E-state index in [1.54, 1.807) is 12.1 Å². The monoisotopic (exact) mass is 476 g/mol. The van der Waals surface area contributed by atoms with Gasteiger partial charge in [-0.25, -0.2) is 8.42 Å². The highest BCUT2D eigenvalue weighted by Gasteiger charge is 2.26. The summed E-state index contributed by atoms with van der Waals surface area (Å²) in [5, 5.41) is 3.44. The van der Waals surface area contributed by atoms with Crippen LogP contribution < -0.4 is 10.1 Å². The summed E-state index contributed by atoms with van der Waals surface area (Å²) in [6, 6.07) is 8.93. The van der Waals surface area contributed by atoms with Crippen LogP contribution in [0.2, 0.25) is 15.1 Å². The highest BCUT2D eigenvalue weighted by Crippen LogP contribution is 2.30. The molecule has 3 rings (SSSR count). The Labute approximate surface area is 184 Å².